The number of oxazole rings is 1. The number of hydrogen-bond donors (Lipinski definition) is 1. The third-order valence-corrected chi connectivity index (χ3v) is 6.79. The molecule has 1 fully saturated rings. The van der Waals surface area contributed by atoms with Gasteiger partial charge in [0.25, 0.3) is 5.91 Å². The highest BCUT2D eigenvalue weighted by atomic mass is 16.5. The van der Waals surface area contributed by atoms with Crippen molar-refractivity contribution < 1.29 is 27.9 Å². The van der Waals surface area contributed by atoms with Gasteiger partial charge in [-0.25, -0.2) is 14.7 Å². The number of ether oxygens (including phenoxy) is 1. The Morgan fingerprint density at radius 3 is 2.51 bits per heavy atom. The van der Waals surface area contributed by atoms with Gasteiger partial charge in [-0.15, -0.1) is 0 Å². The maximum absolute atomic E-state index is 13.4. The number of aromatic amines is 1. The molecule has 0 saturated carbocycles. The maximum atomic E-state index is 13.4. The highest BCUT2D eigenvalue weighted by molar-refractivity contribution is 6.22. The first-order valence-electron chi connectivity index (χ1n) is 12.2. The third-order valence-electron chi connectivity index (χ3n) is 6.79. The second-order valence-electron chi connectivity index (χ2n) is 9.20. The Hall–Kier alpha value is -5.03. The lowest BCUT2D eigenvalue weighted by Gasteiger charge is -2.21. The van der Waals surface area contributed by atoms with Gasteiger partial charge in [-0.05, 0) is 65.5 Å². The molecule has 1 saturated heterocycles. The zero-order valence-electron chi connectivity index (χ0n) is 21.2. The molecular formula is C28H24N5O6+. The molecular weight excluding hydrogens is 502 g/mol. The standard InChI is InChI=1S/C28H23N5O6/c1-31(16-23-28(36)39-30-33(23)19-11-13-20(37-2)14-12-19)22-15-25(34)32(27(22)35)18-9-7-17(8-10-18)26-29-21-5-3-4-6-24(21)38-26/h3-14,22H,15-16H2,1-2H3/p+1. The number of benzene rings is 3. The Balaban J connectivity index is 1.20. The van der Waals surface area contributed by atoms with Gasteiger partial charge in [0.15, 0.2) is 5.58 Å². The van der Waals surface area contributed by atoms with E-state index >= 15 is 0 Å². The van der Waals surface area contributed by atoms with E-state index in [-0.39, 0.29) is 30.5 Å². The molecule has 2 aromatic heterocycles. The number of H-pyrrole nitrogens is 1. The van der Waals surface area contributed by atoms with Crippen LogP contribution in [0.15, 0.2) is 86.5 Å². The second-order valence-corrected chi connectivity index (χ2v) is 9.20. The van der Waals surface area contributed by atoms with Crippen molar-refractivity contribution >= 4 is 28.6 Å². The summed E-state index contributed by atoms with van der Waals surface area (Å²) in [6, 6.07) is 20.7. The van der Waals surface area contributed by atoms with E-state index in [1.165, 1.54) is 9.58 Å². The Bertz CT molecular complexity index is 1700. The summed E-state index contributed by atoms with van der Waals surface area (Å²) in [5, 5.41) is 2.59. The molecule has 1 unspecified atom stereocenters. The van der Waals surface area contributed by atoms with E-state index in [2.05, 4.69) is 10.3 Å². The number of fused-ring (bicyclic) bond motifs is 1. The fourth-order valence-corrected chi connectivity index (χ4v) is 4.69. The summed E-state index contributed by atoms with van der Waals surface area (Å²) in [4.78, 5) is 46.1. The van der Waals surface area contributed by atoms with Gasteiger partial charge in [-0.3, -0.25) is 19.0 Å². The van der Waals surface area contributed by atoms with Crippen molar-refractivity contribution in [1.82, 2.24) is 15.2 Å². The number of carbonyl (C=O) groups is 2. The summed E-state index contributed by atoms with van der Waals surface area (Å²) in [6.45, 7) is 0.0754. The lowest BCUT2D eigenvalue weighted by atomic mass is 10.2. The molecule has 0 bridgehead atoms. The number of methoxy groups -OCH3 is 1. The van der Waals surface area contributed by atoms with Gasteiger partial charge in [-0.2, -0.15) is 0 Å². The molecule has 0 spiro atoms. The van der Waals surface area contributed by atoms with Crippen LogP contribution in [0.2, 0.25) is 0 Å². The molecule has 0 radical (unpaired) electrons. The zero-order chi connectivity index (χ0) is 27.1. The van der Waals surface area contributed by atoms with Crippen LogP contribution in [0.4, 0.5) is 5.69 Å². The van der Waals surface area contributed by atoms with E-state index in [1.54, 1.807) is 67.6 Å². The summed E-state index contributed by atoms with van der Waals surface area (Å²) in [6.07, 6.45) is -0.0134. The number of likely N-dealkylation sites (N-methyl/N-ethyl adjacent to an activating group) is 1. The van der Waals surface area contributed by atoms with Gasteiger partial charge in [0.05, 0.1) is 31.8 Å². The van der Waals surface area contributed by atoms with Crippen molar-refractivity contribution in [3.63, 3.8) is 0 Å². The van der Waals surface area contributed by atoms with Crippen LogP contribution >= 0.6 is 0 Å². The van der Waals surface area contributed by atoms with Gasteiger partial charge < -0.3 is 9.15 Å². The number of hydrogen-bond acceptors (Lipinski definition) is 8. The van der Waals surface area contributed by atoms with Crippen molar-refractivity contribution in [2.75, 3.05) is 19.1 Å². The number of aromatic nitrogens is 3. The SMILES string of the molecule is COc1ccc(-[n+]2[nH]oc(=O)c2CN(C)C2CC(=O)N(c3ccc(-c4nc5ccccc5o4)cc3)C2=O)cc1. The number of rotatable bonds is 7. The smallest absolute Gasteiger partial charge is 0.431 e. The summed E-state index contributed by atoms with van der Waals surface area (Å²) < 4.78 is 17.5. The number of imide groups is 1. The van der Waals surface area contributed by atoms with Crippen LogP contribution < -0.4 is 19.9 Å². The first-order chi connectivity index (χ1) is 18.9. The van der Waals surface area contributed by atoms with Crippen molar-refractivity contribution in [2.24, 2.45) is 0 Å². The molecule has 0 aliphatic carbocycles. The van der Waals surface area contributed by atoms with Crippen molar-refractivity contribution in [2.45, 2.75) is 19.0 Å². The highest BCUT2D eigenvalue weighted by Crippen LogP contribution is 2.29. The fourth-order valence-electron chi connectivity index (χ4n) is 4.69. The van der Waals surface area contributed by atoms with Crippen LogP contribution in [0.25, 0.3) is 28.2 Å². The van der Waals surface area contributed by atoms with Crippen LogP contribution in [-0.2, 0) is 16.1 Å². The zero-order valence-corrected chi connectivity index (χ0v) is 21.2. The summed E-state index contributed by atoms with van der Waals surface area (Å²) in [5.41, 5.74) is 2.97. The molecule has 11 heteroatoms. The van der Waals surface area contributed by atoms with Crippen molar-refractivity contribution in [1.29, 1.82) is 0 Å². The van der Waals surface area contributed by atoms with Gasteiger partial charge in [0.1, 0.15) is 11.3 Å². The maximum Gasteiger partial charge on any atom is 0.431 e. The quantitative estimate of drug-likeness (QED) is 0.254. The lowest BCUT2D eigenvalue weighted by Crippen LogP contribution is -2.45. The molecule has 1 aliphatic heterocycles. The van der Waals surface area contributed by atoms with Gasteiger partial charge in [0, 0.05) is 17.7 Å². The predicted molar refractivity (Wildman–Crippen MR) is 139 cm³/mol. The van der Waals surface area contributed by atoms with Gasteiger partial charge in [0.2, 0.25) is 17.5 Å². The molecule has 1 N–H and O–H groups in total. The lowest BCUT2D eigenvalue weighted by molar-refractivity contribution is -0.678. The average Bonchev–Trinajstić information content (AvgIpc) is 3.64. The average molecular weight is 527 g/mol. The fraction of sp³-hybridized carbons (Fsp3) is 0.179. The first-order valence-corrected chi connectivity index (χ1v) is 12.2. The van der Waals surface area contributed by atoms with Crippen LogP contribution in [0.5, 0.6) is 5.75 Å². The number of nitrogens with zero attached hydrogens (tertiary/aromatic N) is 4. The third kappa shape index (κ3) is 4.38. The number of nitrogens with one attached hydrogen (secondary N) is 1. The van der Waals surface area contributed by atoms with Gasteiger partial charge in [-0.1, -0.05) is 12.1 Å². The van der Waals surface area contributed by atoms with Crippen LogP contribution in [-0.4, -0.2) is 47.2 Å². The number of amides is 2. The van der Waals surface area contributed by atoms with E-state index in [9.17, 15) is 14.4 Å². The van der Waals surface area contributed by atoms with Crippen LogP contribution in [0.3, 0.4) is 0 Å². The molecule has 1 atom stereocenters. The van der Waals surface area contributed by atoms with Crippen molar-refractivity contribution in [3.05, 3.63) is 88.9 Å². The number of anilines is 1. The highest BCUT2D eigenvalue weighted by Gasteiger charge is 2.43. The van der Waals surface area contributed by atoms with E-state index in [4.69, 9.17) is 13.7 Å². The molecule has 196 valence electrons. The molecule has 6 rings (SSSR count). The van der Waals surface area contributed by atoms with Crippen LogP contribution in [0.1, 0.15) is 12.1 Å². The number of carbonyl (C=O) groups excluding carboxylic acids is 2. The number of para-hydroxylation sites is 2. The minimum absolute atomic E-state index is 0.0134. The molecule has 2 amide bonds. The Kier molecular flexibility index (Phi) is 6.04. The summed E-state index contributed by atoms with van der Waals surface area (Å²) >= 11 is 0. The largest absolute Gasteiger partial charge is 0.497 e. The minimum atomic E-state index is -0.743. The Morgan fingerprint density at radius 2 is 1.79 bits per heavy atom. The molecule has 3 aromatic carbocycles. The minimum Gasteiger partial charge on any atom is -0.497 e. The Morgan fingerprint density at radius 1 is 1.05 bits per heavy atom. The second kappa shape index (κ2) is 9.69. The van der Waals surface area contributed by atoms with E-state index in [0.29, 0.717) is 28.6 Å². The summed E-state index contributed by atoms with van der Waals surface area (Å²) in [7, 11) is 3.26. The molecule has 5 aromatic rings. The molecule has 3 heterocycles. The van der Waals surface area contributed by atoms with Crippen molar-refractivity contribution in [3.8, 4) is 22.9 Å². The van der Waals surface area contributed by atoms with Gasteiger partial charge >= 0.3 is 11.3 Å². The van der Waals surface area contributed by atoms with Crippen LogP contribution in [0, 0.1) is 0 Å². The monoisotopic (exact) mass is 526 g/mol. The normalized spacial score (nSPS) is 15.6. The topological polar surface area (TPSA) is 126 Å². The molecule has 11 nitrogen and oxygen atoms in total. The predicted octanol–water partition coefficient (Wildman–Crippen LogP) is 2.83. The summed E-state index contributed by atoms with van der Waals surface area (Å²) in [5.74, 6) is 0.430. The van der Waals surface area contributed by atoms with E-state index < -0.39 is 11.7 Å². The Labute approximate surface area is 221 Å². The first kappa shape index (κ1) is 24.3. The molecule has 39 heavy (non-hydrogen) atoms. The van der Waals surface area contributed by atoms with E-state index in [0.717, 1.165) is 11.1 Å². The van der Waals surface area contributed by atoms with E-state index in [1.807, 2.05) is 24.3 Å². The molecule has 1 aliphatic rings.